The van der Waals surface area contributed by atoms with E-state index in [-0.39, 0.29) is 5.91 Å². The van der Waals surface area contributed by atoms with E-state index in [4.69, 9.17) is 27.1 Å². The van der Waals surface area contributed by atoms with Crippen molar-refractivity contribution >= 4 is 35.3 Å². The van der Waals surface area contributed by atoms with Crippen molar-refractivity contribution in [2.24, 2.45) is 0 Å². The lowest BCUT2D eigenvalue weighted by Gasteiger charge is -2.26. The molecule has 0 aliphatic carbocycles. The van der Waals surface area contributed by atoms with Crippen LogP contribution in [0.1, 0.15) is 15.4 Å². The fourth-order valence-corrected chi connectivity index (χ4v) is 3.81. The van der Waals surface area contributed by atoms with Gasteiger partial charge >= 0.3 is 0 Å². The van der Waals surface area contributed by atoms with Crippen molar-refractivity contribution in [2.75, 3.05) is 38.6 Å². The van der Waals surface area contributed by atoms with Gasteiger partial charge in [-0.15, -0.1) is 0 Å². The monoisotopic (exact) mass is 368 g/mol. The Labute approximate surface area is 149 Å². The molecule has 130 valence electrons. The van der Waals surface area contributed by atoms with Crippen molar-refractivity contribution in [3.8, 4) is 0 Å². The van der Waals surface area contributed by atoms with E-state index >= 15 is 0 Å². The third-order valence-electron chi connectivity index (χ3n) is 3.89. The molecule has 1 aliphatic heterocycles. The molecular weight excluding hydrogens is 348 g/mol. The van der Waals surface area contributed by atoms with Gasteiger partial charge in [-0.05, 0) is 24.4 Å². The van der Waals surface area contributed by atoms with Gasteiger partial charge in [0.1, 0.15) is 16.5 Å². The van der Waals surface area contributed by atoms with E-state index < -0.39 is 0 Å². The number of rotatable bonds is 6. The first-order chi connectivity index (χ1) is 11.6. The van der Waals surface area contributed by atoms with Gasteiger partial charge in [0.05, 0.1) is 26.0 Å². The lowest BCUT2D eigenvalue weighted by Crippen LogP contribution is -2.38. The number of nitrogens with zero attached hydrogens (tertiary/aromatic N) is 2. The third kappa shape index (κ3) is 4.04. The molecule has 0 bridgehead atoms. The predicted molar refractivity (Wildman–Crippen MR) is 94.7 cm³/mol. The maximum atomic E-state index is 12.3. The average Bonchev–Trinajstić information content (AvgIpc) is 3.21. The summed E-state index contributed by atoms with van der Waals surface area (Å²) in [5.41, 5.74) is 6.15. The van der Waals surface area contributed by atoms with Gasteiger partial charge in [0, 0.05) is 26.2 Å². The molecule has 3 N–H and O–H groups in total. The number of ether oxygens (including phenoxy) is 1. The van der Waals surface area contributed by atoms with Crippen LogP contribution in [-0.4, -0.2) is 48.2 Å². The smallest absolute Gasteiger partial charge is 0.265 e. The highest BCUT2D eigenvalue weighted by molar-refractivity contribution is 7.73. The zero-order valence-electron chi connectivity index (χ0n) is 13.2. The summed E-state index contributed by atoms with van der Waals surface area (Å²) in [5, 5.41) is 2.80. The second-order valence-corrected chi connectivity index (χ2v) is 7.09. The van der Waals surface area contributed by atoms with Crippen LogP contribution in [0, 0.1) is 3.95 Å². The second kappa shape index (κ2) is 7.93. The molecule has 24 heavy (non-hydrogen) atoms. The molecule has 0 atom stereocenters. The Morgan fingerprint density at radius 3 is 2.88 bits per heavy atom. The van der Waals surface area contributed by atoms with E-state index in [1.807, 2.05) is 4.57 Å². The largest absolute Gasteiger partial charge is 0.467 e. The van der Waals surface area contributed by atoms with Crippen LogP contribution in [0.3, 0.4) is 0 Å². The Kier molecular flexibility index (Phi) is 5.67. The number of furan rings is 1. The van der Waals surface area contributed by atoms with E-state index in [9.17, 15) is 4.79 Å². The lowest BCUT2D eigenvalue weighted by molar-refractivity contribution is 0.0364. The molecule has 9 heteroatoms. The second-order valence-electron chi connectivity index (χ2n) is 5.45. The molecule has 2 aromatic rings. The van der Waals surface area contributed by atoms with Crippen molar-refractivity contribution in [3.63, 3.8) is 0 Å². The Hall–Kier alpha value is -1.68. The molecule has 7 nitrogen and oxygen atoms in total. The van der Waals surface area contributed by atoms with Gasteiger partial charge < -0.3 is 24.8 Å². The Bertz CT molecular complexity index is 732. The summed E-state index contributed by atoms with van der Waals surface area (Å²) in [6, 6.07) is 3.58. The van der Waals surface area contributed by atoms with E-state index in [1.54, 1.807) is 18.4 Å². The minimum absolute atomic E-state index is 0.231. The SMILES string of the molecule is Nc1c(C(=O)NCc2ccco2)sc(=S)n1CCN1CCOCC1. The highest BCUT2D eigenvalue weighted by atomic mass is 32.1. The first-order valence-electron chi connectivity index (χ1n) is 7.75. The first-order valence-corrected chi connectivity index (χ1v) is 8.97. The van der Waals surface area contributed by atoms with Crippen LogP contribution < -0.4 is 11.1 Å². The third-order valence-corrected chi connectivity index (χ3v) is 5.35. The van der Waals surface area contributed by atoms with Gasteiger partial charge in [0.2, 0.25) is 0 Å². The summed E-state index contributed by atoms with van der Waals surface area (Å²) in [7, 11) is 0. The number of anilines is 1. The van der Waals surface area contributed by atoms with E-state index in [0.717, 1.165) is 32.8 Å². The maximum absolute atomic E-state index is 12.3. The molecule has 3 heterocycles. The molecule has 0 spiro atoms. The Morgan fingerprint density at radius 1 is 1.38 bits per heavy atom. The maximum Gasteiger partial charge on any atom is 0.265 e. The van der Waals surface area contributed by atoms with Crippen LogP contribution in [-0.2, 0) is 17.8 Å². The van der Waals surface area contributed by atoms with Crippen LogP contribution in [0.2, 0.25) is 0 Å². The summed E-state index contributed by atoms with van der Waals surface area (Å²) in [6.07, 6.45) is 1.57. The molecule has 1 amide bonds. The van der Waals surface area contributed by atoms with Crippen LogP contribution in [0.5, 0.6) is 0 Å². The fraction of sp³-hybridized carbons (Fsp3) is 0.467. The topological polar surface area (TPSA) is 85.7 Å². The number of hydrogen-bond donors (Lipinski definition) is 2. The Balaban J connectivity index is 1.62. The molecule has 2 aromatic heterocycles. The molecule has 0 unspecified atom stereocenters. The number of thiazole rings is 1. The summed E-state index contributed by atoms with van der Waals surface area (Å²) in [6.45, 7) is 5.17. The molecule has 0 saturated carbocycles. The standard InChI is InChI=1S/C15H20N4O3S2/c16-13-12(14(20)17-10-11-2-1-7-22-11)24-15(23)19(13)4-3-18-5-8-21-9-6-18/h1-2,7H,3-6,8-10,16H2,(H,17,20). The summed E-state index contributed by atoms with van der Waals surface area (Å²) in [4.78, 5) is 15.1. The highest BCUT2D eigenvalue weighted by Crippen LogP contribution is 2.22. The molecule has 0 radical (unpaired) electrons. The van der Waals surface area contributed by atoms with Gasteiger partial charge in [-0.25, -0.2) is 0 Å². The lowest BCUT2D eigenvalue weighted by atomic mass is 10.4. The zero-order valence-corrected chi connectivity index (χ0v) is 14.8. The van der Waals surface area contributed by atoms with Gasteiger partial charge in [0.15, 0.2) is 3.95 Å². The Morgan fingerprint density at radius 2 is 2.17 bits per heavy atom. The van der Waals surface area contributed by atoms with Crippen molar-refractivity contribution < 1.29 is 13.9 Å². The number of hydrogen-bond acceptors (Lipinski definition) is 7. The van der Waals surface area contributed by atoms with Crippen molar-refractivity contribution in [3.05, 3.63) is 33.0 Å². The molecule has 1 aliphatic rings. The highest BCUT2D eigenvalue weighted by Gasteiger charge is 2.18. The number of nitrogens with one attached hydrogen (secondary N) is 1. The number of carbonyl (C=O) groups excluding carboxylic acids is 1. The number of aromatic nitrogens is 1. The number of morpholine rings is 1. The van der Waals surface area contributed by atoms with Gasteiger partial charge in [-0.1, -0.05) is 11.3 Å². The number of carbonyl (C=O) groups is 1. The van der Waals surface area contributed by atoms with Crippen LogP contribution >= 0.6 is 23.6 Å². The van der Waals surface area contributed by atoms with E-state index in [2.05, 4.69) is 10.2 Å². The van der Waals surface area contributed by atoms with Crippen LogP contribution in [0.25, 0.3) is 0 Å². The van der Waals surface area contributed by atoms with Crippen molar-refractivity contribution in [1.82, 2.24) is 14.8 Å². The van der Waals surface area contributed by atoms with Crippen LogP contribution in [0.15, 0.2) is 22.8 Å². The van der Waals surface area contributed by atoms with E-state index in [0.29, 0.717) is 33.5 Å². The summed E-state index contributed by atoms with van der Waals surface area (Å²) < 4.78 is 13.0. The van der Waals surface area contributed by atoms with Gasteiger partial charge in [-0.3, -0.25) is 9.69 Å². The first kappa shape index (κ1) is 17.2. The molecule has 3 rings (SSSR count). The van der Waals surface area contributed by atoms with Crippen molar-refractivity contribution in [2.45, 2.75) is 13.1 Å². The number of nitrogen functional groups attached to an aromatic ring is 1. The van der Waals surface area contributed by atoms with E-state index in [1.165, 1.54) is 11.3 Å². The summed E-state index contributed by atoms with van der Waals surface area (Å²) >= 11 is 6.61. The van der Waals surface area contributed by atoms with Crippen LogP contribution in [0.4, 0.5) is 5.82 Å². The minimum atomic E-state index is -0.231. The predicted octanol–water partition coefficient (Wildman–Crippen LogP) is 1.72. The molecule has 1 saturated heterocycles. The van der Waals surface area contributed by atoms with Gasteiger partial charge in [-0.2, -0.15) is 0 Å². The molecule has 1 fully saturated rings. The minimum Gasteiger partial charge on any atom is -0.467 e. The molecule has 0 aromatic carbocycles. The zero-order chi connectivity index (χ0) is 16.9. The van der Waals surface area contributed by atoms with Gasteiger partial charge in [0.25, 0.3) is 5.91 Å². The normalized spacial score (nSPS) is 15.5. The average molecular weight is 368 g/mol. The quantitative estimate of drug-likeness (QED) is 0.755. The van der Waals surface area contributed by atoms with Crippen molar-refractivity contribution in [1.29, 1.82) is 0 Å². The fourth-order valence-electron chi connectivity index (χ4n) is 2.52. The number of amides is 1. The molecular formula is C15H20N4O3S2. The number of nitrogens with two attached hydrogens (primary N) is 1. The summed E-state index contributed by atoms with van der Waals surface area (Å²) in [5.74, 6) is 0.887.